The minimum atomic E-state index is -0.602. The molecule has 0 atom stereocenters. The first-order valence-electron chi connectivity index (χ1n) is 6.46. The van der Waals surface area contributed by atoms with Gasteiger partial charge in [0.2, 0.25) is 5.82 Å². The Morgan fingerprint density at radius 2 is 2.05 bits per heavy atom. The van der Waals surface area contributed by atoms with Crippen LogP contribution in [0.2, 0.25) is 0 Å². The van der Waals surface area contributed by atoms with Crippen LogP contribution in [-0.4, -0.2) is 22.5 Å². The van der Waals surface area contributed by atoms with Crippen molar-refractivity contribution >= 4 is 27.5 Å². The maximum Gasteiger partial charge on any atom is 0.374 e. The molecule has 0 bridgehead atoms. The Morgan fingerprint density at radius 1 is 1.40 bits per heavy atom. The molecule has 0 spiro atoms. The Balaban J connectivity index is 2.68. The van der Waals surface area contributed by atoms with Crippen LogP contribution in [0.5, 0.6) is 0 Å². The van der Waals surface area contributed by atoms with Gasteiger partial charge in [-0.15, -0.1) is 11.3 Å². The second-order valence-electron chi connectivity index (χ2n) is 5.62. The number of aromatic nitrogens is 2. The zero-order valence-corrected chi connectivity index (χ0v) is 13.1. The number of thiophene rings is 1. The van der Waals surface area contributed by atoms with Crippen molar-refractivity contribution in [2.75, 3.05) is 6.61 Å². The monoisotopic (exact) mass is 294 g/mol. The molecule has 108 valence electrons. The van der Waals surface area contributed by atoms with E-state index >= 15 is 0 Å². The van der Waals surface area contributed by atoms with E-state index in [0.717, 1.165) is 10.4 Å². The average molecular weight is 294 g/mol. The van der Waals surface area contributed by atoms with E-state index in [1.807, 2.05) is 6.92 Å². The zero-order chi connectivity index (χ0) is 15.1. The van der Waals surface area contributed by atoms with E-state index in [1.54, 1.807) is 6.92 Å². The molecule has 2 aromatic rings. The number of hydrogen-bond donors (Lipinski definition) is 1. The van der Waals surface area contributed by atoms with E-state index in [9.17, 15) is 9.59 Å². The molecular weight excluding hydrogens is 276 g/mol. The number of carbonyl (C=O) groups is 1. The van der Waals surface area contributed by atoms with Gasteiger partial charge in [-0.2, -0.15) is 0 Å². The summed E-state index contributed by atoms with van der Waals surface area (Å²) in [6.07, 6.45) is 0. The molecule has 2 rings (SSSR count). The fourth-order valence-electron chi connectivity index (χ4n) is 2.16. The SMILES string of the molecule is CCOC(=O)c1nc2sc(C(C)(C)C)c(C)c2c(=O)[nH]1. The molecule has 0 saturated heterocycles. The normalized spacial score (nSPS) is 11.8. The van der Waals surface area contributed by atoms with Crippen LogP contribution < -0.4 is 5.56 Å². The van der Waals surface area contributed by atoms with Gasteiger partial charge in [0.15, 0.2) is 0 Å². The predicted molar refractivity (Wildman–Crippen MR) is 79.6 cm³/mol. The van der Waals surface area contributed by atoms with Gasteiger partial charge in [0, 0.05) is 4.88 Å². The molecule has 2 aromatic heterocycles. The van der Waals surface area contributed by atoms with E-state index in [4.69, 9.17) is 4.74 Å². The third-order valence-electron chi connectivity index (χ3n) is 2.95. The van der Waals surface area contributed by atoms with Gasteiger partial charge >= 0.3 is 5.97 Å². The molecule has 6 heteroatoms. The lowest BCUT2D eigenvalue weighted by Gasteiger charge is -2.17. The maximum atomic E-state index is 12.2. The van der Waals surface area contributed by atoms with Crippen molar-refractivity contribution in [2.24, 2.45) is 0 Å². The molecule has 0 aliphatic heterocycles. The summed E-state index contributed by atoms with van der Waals surface area (Å²) in [6, 6.07) is 0. The first kappa shape index (κ1) is 14.7. The minimum absolute atomic E-state index is 0.0361. The topological polar surface area (TPSA) is 72.0 Å². The first-order chi connectivity index (χ1) is 9.25. The van der Waals surface area contributed by atoms with Crippen LogP contribution in [0.1, 0.15) is 48.8 Å². The number of ether oxygens (including phenoxy) is 1. The van der Waals surface area contributed by atoms with Crippen LogP contribution in [-0.2, 0) is 10.2 Å². The van der Waals surface area contributed by atoms with E-state index < -0.39 is 5.97 Å². The van der Waals surface area contributed by atoms with E-state index in [2.05, 4.69) is 30.7 Å². The van der Waals surface area contributed by atoms with Crippen molar-refractivity contribution in [3.8, 4) is 0 Å². The van der Waals surface area contributed by atoms with Crippen molar-refractivity contribution in [1.29, 1.82) is 0 Å². The third kappa shape index (κ3) is 2.47. The summed E-state index contributed by atoms with van der Waals surface area (Å²) in [5.74, 6) is -0.638. The minimum Gasteiger partial charge on any atom is -0.460 e. The predicted octanol–water partition coefficient (Wildman–Crippen LogP) is 2.77. The molecule has 0 fully saturated rings. The standard InChI is InChI=1S/C14H18N2O3S/c1-6-19-13(18)10-15-11(17)8-7(2)9(14(3,4)5)20-12(8)16-10/h6H2,1-5H3,(H,15,16,17). The molecule has 0 unspecified atom stereocenters. The number of aromatic amines is 1. The highest BCUT2D eigenvalue weighted by atomic mass is 32.1. The van der Waals surface area contributed by atoms with Gasteiger partial charge in [0.1, 0.15) is 4.83 Å². The molecule has 0 amide bonds. The third-order valence-corrected chi connectivity index (χ3v) is 4.56. The van der Waals surface area contributed by atoms with Crippen LogP contribution in [0.4, 0.5) is 0 Å². The number of nitrogens with zero attached hydrogens (tertiary/aromatic N) is 1. The number of aryl methyl sites for hydroxylation is 1. The Morgan fingerprint density at radius 3 is 2.60 bits per heavy atom. The number of hydrogen-bond acceptors (Lipinski definition) is 5. The Kier molecular flexibility index (Phi) is 3.69. The summed E-state index contributed by atoms with van der Waals surface area (Å²) in [5, 5.41) is 0.563. The van der Waals surface area contributed by atoms with Gasteiger partial charge in [-0.1, -0.05) is 20.8 Å². The molecule has 0 aliphatic carbocycles. The molecule has 2 heterocycles. The van der Waals surface area contributed by atoms with E-state index in [0.29, 0.717) is 10.2 Å². The van der Waals surface area contributed by atoms with Crippen LogP contribution in [0.3, 0.4) is 0 Å². The van der Waals surface area contributed by atoms with Gasteiger partial charge in [0.25, 0.3) is 5.56 Å². The number of nitrogens with one attached hydrogen (secondary N) is 1. The number of carbonyl (C=O) groups excluding carboxylic acids is 1. The summed E-state index contributed by atoms with van der Waals surface area (Å²) in [5.41, 5.74) is 0.579. The molecule has 1 N–H and O–H groups in total. The number of esters is 1. The lowest BCUT2D eigenvalue weighted by molar-refractivity contribution is 0.0512. The highest BCUT2D eigenvalue weighted by Gasteiger charge is 2.24. The average Bonchev–Trinajstić information content (AvgIpc) is 2.67. The molecule has 0 aromatic carbocycles. The van der Waals surface area contributed by atoms with Gasteiger partial charge in [0.05, 0.1) is 12.0 Å². The molecule has 0 aliphatic rings. The van der Waals surface area contributed by atoms with Crippen LogP contribution >= 0.6 is 11.3 Å². The summed E-state index contributed by atoms with van der Waals surface area (Å²) in [6.45, 7) is 10.1. The Labute approximate surface area is 121 Å². The van der Waals surface area contributed by atoms with E-state index in [1.165, 1.54) is 11.3 Å². The first-order valence-corrected chi connectivity index (χ1v) is 7.28. The van der Waals surface area contributed by atoms with Crippen LogP contribution in [0.15, 0.2) is 4.79 Å². The summed E-state index contributed by atoms with van der Waals surface area (Å²) in [4.78, 5) is 32.3. The largest absolute Gasteiger partial charge is 0.460 e. The van der Waals surface area contributed by atoms with Gasteiger partial charge < -0.3 is 9.72 Å². The molecule has 20 heavy (non-hydrogen) atoms. The van der Waals surface area contributed by atoms with Crippen molar-refractivity contribution in [1.82, 2.24) is 9.97 Å². The van der Waals surface area contributed by atoms with Gasteiger partial charge in [-0.25, -0.2) is 9.78 Å². The Bertz CT molecular complexity index is 722. The Hall–Kier alpha value is -1.69. The summed E-state index contributed by atoms with van der Waals surface area (Å²) in [7, 11) is 0. The fourth-order valence-corrected chi connectivity index (χ4v) is 3.40. The molecule has 5 nitrogen and oxygen atoms in total. The maximum absolute atomic E-state index is 12.2. The fraction of sp³-hybridized carbons (Fsp3) is 0.500. The van der Waals surface area contributed by atoms with Crippen molar-refractivity contribution in [2.45, 2.75) is 40.0 Å². The number of fused-ring (bicyclic) bond motifs is 1. The highest BCUT2D eigenvalue weighted by Crippen LogP contribution is 2.36. The van der Waals surface area contributed by atoms with Crippen LogP contribution in [0, 0.1) is 6.92 Å². The smallest absolute Gasteiger partial charge is 0.374 e. The highest BCUT2D eigenvalue weighted by molar-refractivity contribution is 7.19. The van der Waals surface area contributed by atoms with E-state index in [-0.39, 0.29) is 23.4 Å². The summed E-state index contributed by atoms with van der Waals surface area (Å²) < 4.78 is 4.87. The molecular formula is C14H18N2O3S. The van der Waals surface area contributed by atoms with Crippen molar-refractivity contribution in [3.63, 3.8) is 0 Å². The van der Waals surface area contributed by atoms with Gasteiger partial charge in [-0.05, 0) is 24.8 Å². The lowest BCUT2D eigenvalue weighted by atomic mass is 9.91. The number of H-pyrrole nitrogens is 1. The second-order valence-corrected chi connectivity index (χ2v) is 6.62. The lowest BCUT2D eigenvalue weighted by Crippen LogP contribution is -2.17. The van der Waals surface area contributed by atoms with Crippen LogP contribution in [0.25, 0.3) is 10.2 Å². The summed E-state index contributed by atoms with van der Waals surface area (Å²) >= 11 is 1.46. The quantitative estimate of drug-likeness (QED) is 0.864. The van der Waals surface area contributed by atoms with Gasteiger partial charge in [-0.3, -0.25) is 4.79 Å². The molecule has 0 radical (unpaired) electrons. The zero-order valence-electron chi connectivity index (χ0n) is 12.3. The van der Waals surface area contributed by atoms with Crippen molar-refractivity contribution < 1.29 is 9.53 Å². The molecule has 0 saturated carbocycles. The second kappa shape index (κ2) is 5.01. The number of rotatable bonds is 2. The van der Waals surface area contributed by atoms with Crippen molar-refractivity contribution in [3.05, 3.63) is 26.6 Å².